The van der Waals surface area contributed by atoms with E-state index >= 15 is 0 Å². The fourth-order valence-corrected chi connectivity index (χ4v) is 0.985. The molecule has 1 aromatic rings. The normalized spacial score (nSPS) is 10.5. The Balaban J connectivity index is 3.10. The van der Waals surface area contributed by atoms with E-state index in [1.54, 1.807) is 0 Å². The van der Waals surface area contributed by atoms with E-state index in [0.717, 1.165) is 0 Å². The average molecular weight is 230 g/mol. The standard InChI is InChI=1S/C11H6F4O/c12-10-5-4-9(11(13,14)15)7-8(10)3-1-2-6-16/h4-7H,2H2. The number of halogens is 4. The van der Waals surface area contributed by atoms with Crippen molar-refractivity contribution in [3.8, 4) is 11.8 Å². The van der Waals surface area contributed by atoms with E-state index in [-0.39, 0.29) is 12.0 Å². The molecule has 0 aliphatic rings. The maximum absolute atomic E-state index is 13.0. The van der Waals surface area contributed by atoms with Gasteiger partial charge in [-0.1, -0.05) is 11.8 Å². The minimum absolute atomic E-state index is 0.143. The molecule has 0 N–H and O–H groups in total. The Labute approximate surface area is 89.1 Å². The lowest BCUT2D eigenvalue weighted by Gasteiger charge is -2.06. The second-order valence-electron chi connectivity index (χ2n) is 2.86. The van der Waals surface area contributed by atoms with E-state index in [9.17, 15) is 22.4 Å². The Hall–Kier alpha value is -1.83. The fraction of sp³-hybridized carbons (Fsp3) is 0.182. The smallest absolute Gasteiger partial charge is 0.302 e. The molecule has 0 heterocycles. The fourth-order valence-electron chi connectivity index (χ4n) is 0.985. The summed E-state index contributed by atoms with van der Waals surface area (Å²) in [5.74, 6) is 3.57. The van der Waals surface area contributed by atoms with Crippen molar-refractivity contribution in [3.63, 3.8) is 0 Å². The molecule has 16 heavy (non-hydrogen) atoms. The number of carbonyl (C=O) groups excluding carboxylic acids is 1. The zero-order valence-electron chi connectivity index (χ0n) is 7.94. The van der Waals surface area contributed by atoms with E-state index in [1.165, 1.54) is 0 Å². The molecule has 0 spiro atoms. The van der Waals surface area contributed by atoms with E-state index in [0.29, 0.717) is 24.5 Å². The lowest BCUT2D eigenvalue weighted by molar-refractivity contribution is -0.137. The van der Waals surface area contributed by atoms with Gasteiger partial charge in [-0.2, -0.15) is 13.2 Å². The Morgan fingerprint density at radius 3 is 2.56 bits per heavy atom. The molecule has 0 radical (unpaired) electrons. The van der Waals surface area contributed by atoms with Crippen LogP contribution in [0.4, 0.5) is 17.6 Å². The molecule has 0 fully saturated rings. The van der Waals surface area contributed by atoms with Crippen molar-refractivity contribution < 1.29 is 22.4 Å². The molecule has 0 bridgehead atoms. The van der Waals surface area contributed by atoms with Gasteiger partial charge in [-0.25, -0.2) is 4.39 Å². The predicted octanol–water partition coefficient (Wildman–Crippen LogP) is 2.79. The van der Waals surface area contributed by atoms with Crippen molar-refractivity contribution in [2.75, 3.05) is 0 Å². The van der Waals surface area contributed by atoms with Gasteiger partial charge < -0.3 is 4.79 Å². The van der Waals surface area contributed by atoms with Gasteiger partial charge >= 0.3 is 6.18 Å². The highest BCUT2D eigenvalue weighted by Gasteiger charge is 2.30. The second kappa shape index (κ2) is 4.79. The Morgan fingerprint density at radius 1 is 1.31 bits per heavy atom. The van der Waals surface area contributed by atoms with Crippen LogP contribution in [0.5, 0.6) is 0 Å². The lowest BCUT2D eigenvalue weighted by atomic mass is 10.1. The average Bonchev–Trinajstić information content (AvgIpc) is 2.19. The summed E-state index contributed by atoms with van der Waals surface area (Å²) in [6.45, 7) is 0. The highest BCUT2D eigenvalue weighted by atomic mass is 19.4. The van der Waals surface area contributed by atoms with Gasteiger partial charge in [0.2, 0.25) is 0 Å². The monoisotopic (exact) mass is 230 g/mol. The molecule has 84 valence electrons. The third-order valence-electron chi connectivity index (χ3n) is 1.70. The van der Waals surface area contributed by atoms with Crippen molar-refractivity contribution in [3.05, 3.63) is 35.1 Å². The van der Waals surface area contributed by atoms with E-state index in [2.05, 4.69) is 11.8 Å². The number of hydrogen-bond donors (Lipinski definition) is 0. The summed E-state index contributed by atoms with van der Waals surface area (Å²) in [7, 11) is 0. The first-order valence-corrected chi connectivity index (χ1v) is 4.24. The first kappa shape index (κ1) is 12.2. The van der Waals surface area contributed by atoms with E-state index in [1.807, 2.05) is 0 Å². The Kier molecular flexibility index (Phi) is 3.67. The SMILES string of the molecule is O=CCC#Cc1cc(C(F)(F)F)ccc1F. The maximum atomic E-state index is 13.0. The van der Waals surface area contributed by atoms with Gasteiger partial charge in [0.05, 0.1) is 17.5 Å². The molecule has 1 aromatic carbocycles. The van der Waals surface area contributed by atoms with Crippen LogP contribution in [0.1, 0.15) is 17.5 Å². The molecule has 1 rings (SSSR count). The minimum Gasteiger partial charge on any atom is -0.302 e. The number of benzene rings is 1. The molecule has 0 saturated carbocycles. The quantitative estimate of drug-likeness (QED) is 0.412. The van der Waals surface area contributed by atoms with Crippen LogP contribution in [0.2, 0.25) is 0 Å². The highest BCUT2D eigenvalue weighted by Crippen LogP contribution is 2.30. The molecule has 0 saturated heterocycles. The number of aldehydes is 1. The zero-order valence-corrected chi connectivity index (χ0v) is 7.94. The summed E-state index contributed by atoms with van der Waals surface area (Å²) in [5, 5.41) is 0. The van der Waals surface area contributed by atoms with Crippen LogP contribution in [0.25, 0.3) is 0 Å². The van der Waals surface area contributed by atoms with Crippen LogP contribution < -0.4 is 0 Å². The molecule has 0 aliphatic heterocycles. The van der Waals surface area contributed by atoms with Crippen molar-refractivity contribution in [2.24, 2.45) is 0 Å². The topological polar surface area (TPSA) is 17.1 Å². The number of alkyl halides is 3. The first-order chi connectivity index (χ1) is 7.45. The van der Waals surface area contributed by atoms with Crippen LogP contribution in [-0.4, -0.2) is 6.29 Å². The summed E-state index contributed by atoms with van der Waals surface area (Å²) in [6, 6.07) is 1.96. The van der Waals surface area contributed by atoms with Crippen molar-refractivity contribution in [1.82, 2.24) is 0 Å². The number of hydrogen-bond acceptors (Lipinski definition) is 1. The minimum atomic E-state index is -4.53. The van der Waals surface area contributed by atoms with Gasteiger partial charge in [0.15, 0.2) is 0 Å². The van der Waals surface area contributed by atoms with Gasteiger partial charge in [0.1, 0.15) is 12.1 Å². The highest BCUT2D eigenvalue weighted by molar-refractivity contribution is 5.55. The third-order valence-corrected chi connectivity index (χ3v) is 1.70. The Morgan fingerprint density at radius 2 is 2.00 bits per heavy atom. The molecule has 0 atom stereocenters. The third kappa shape index (κ3) is 3.09. The maximum Gasteiger partial charge on any atom is 0.416 e. The summed E-state index contributed by atoms with van der Waals surface area (Å²) >= 11 is 0. The van der Waals surface area contributed by atoms with Crippen LogP contribution >= 0.6 is 0 Å². The molecular weight excluding hydrogens is 224 g/mol. The van der Waals surface area contributed by atoms with Crippen LogP contribution in [0, 0.1) is 17.7 Å². The lowest BCUT2D eigenvalue weighted by Crippen LogP contribution is -2.05. The number of carbonyl (C=O) groups is 1. The molecular formula is C11H6F4O. The molecule has 0 aromatic heterocycles. The van der Waals surface area contributed by atoms with Crippen molar-refractivity contribution >= 4 is 6.29 Å². The molecule has 1 nitrogen and oxygen atoms in total. The summed E-state index contributed by atoms with van der Waals surface area (Å²) in [5.41, 5.74) is -1.33. The van der Waals surface area contributed by atoms with Gasteiger partial charge in [-0.3, -0.25) is 0 Å². The van der Waals surface area contributed by atoms with E-state index < -0.39 is 17.6 Å². The molecule has 5 heteroatoms. The summed E-state index contributed by atoms with van der Waals surface area (Å²) in [6.07, 6.45) is -4.19. The number of rotatable bonds is 1. The Bertz CT molecular complexity index is 451. The molecule has 0 unspecified atom stereocenters. The predicted molar refractivity (Wildman–Crippen MR) is 49.0 cm³/mol. The van der Waals surface area contributed by atoms with Crippen LogP contribution in [0.3, 0.4) is 0 Å². The van der Waals surface area contributed by atoms with Gasteiger partial charge in [0.25, 0.3) is 0 Å². The second-order valence-corrected chi connectivity index (χ2v) is 2.86. The summed E-state index contributed by atoms with van der Waals surface area (Å²) < 4.78 is 49.8. The van der Waals surface area contributed by atoms with Gasteiger partial charge in [-0.15, -0.1) is 0 Å². The molecule has 0 aliphatic carbocycles. The zero-order chi connectivity index (χ0) is 12.2. The first-order valence-electron chi connectivity index (χ1n) is 4.24. The largest absolute Gasteiger partial charge is 0.416 e. The van der Waals surface area contributed by atoms with Crippen LogP contribution in [-0.2, 0) is 11.0 Å². The molecule has 0 amide bonds. The van der Waals surface area contributed by atoms with Crippen molar-refractivity contribution in [1.29, 1.82) is 0 Å². The van der Waals surface area contributed by atoms with Gasteiger partial charge in [-0.05, 0) is 18.2 Å². The van der Waals surface area contributed by atoms with Gasteiger partial charge in [0, 0.05) is 0 Å². The van der Waals surface area contributed by atoms with Crippen molar-refractivity contribution in [2.45, 2.75) is 12.6 Å². The van der Waals surface area contributed by atoms with E-state index in [4.69, 9.17) is 0 Å². The summed E-state index contributed by atoms with van der Waals surface area (Å²) in [4.78, 5) is 9.93. The van der Waals surface area contributed by atoms with Crippen LogP contribution in [0.15, 0.2) is 18.2 Å².